The summed E-state index contributed by atoms with van der Waals surface area (Å²) in [6, 6.07) is 14.0. The van der Waals surface area contributed by atoms with Crippen molar-refractivity contribution in [1.82, 2.24) is 10.3 Å². The molecule has 0 aliphatic heterocycles. The molecule has 1 aromatic heterocycles. The molecule has 0 aliphatic carbocycles. The van der Waals surface area contributed by atoms with Crippen LogP contribution in [-0.4, -0.2) is 16.6 Å². The molecule has 3 rings (SSSR count). The summed E-state index contributed by atoms with van der Waals surface area (Å²) in [6.07, 6.45) is 0.843. The third-order valence-electron chi connectivity index (χ3n) is 3.39. The van der Waals surface area contributed by atoms with E-state index in [1.165, 1.54) is 4.70 Å². The number of aryl methyl sites for hydroxylation is 1. The number of thiazole rings is 1. The fourth-order valence-corrected chi connectivity index (χ4v) is 3.52. The average Bonchev–Trinajstić information content (AvgIpc) is 2.93. The van der Waals surface area contributed by atoms with Crippen LogP contribution in [0.15, 0.2) is 42.5 Å². The van der Waals surface area contributed by atoms with Gasteiger partial charge in [-0.15, -0.1) is 11.3 Å². The number of hydrogen-bond acceptors (Lipinski definition) is 3. The second kappa shape index (κ2) is 7.25. The zero-order valence-electron chi connectivity index (χ0n) is 12.6. The first-order chi connectivity index (χ1) is 11.1. The van der Waals surface area contributed by atoms with Gasteiger partial charge in [-0.25, -0.2) is 4.98 Å². The zero-order chi connectivity index (χ0) is 16.2. The maximum absolute atomic E-state index is 6.11. The minimum atomic E-state index is 0.589. The van der Waals surface area contributed by atoms with E-state index in [2.05, 4.69) is 21.7 Å². The van der Waals surface area contributed by atoms with Gasteiger partial charge < -0.3 is 10.6 Å². The molecule has 0 fully saturated rings. The molecule has 2 aromatic carbocycles. The second-order valence-electron chi connectivity index (χ2n) is 5.17. The van der Waals surface area contributed by atoms with Crippen LogP contribution in [0.25, 0.3) is 10.2 Å². The largest absolute Gasteiger partial charge is 0.362 e. The number of aromatic nitrogens is 1. The molecule has 0 unspecified atom stereocenters. The van der Waals surface area contributed by atoms with Gasteiger partial charge in [-0.2, -0.15) is 0 Å². The molecule has 0 bridgehead atoms. The number of nitrogens with one attached hydrogen (secondary N) is 2. The molecule has 0 atom stereocenters. The number of halogens is 1. The van der Waals surface area contributed by atoms with Crippen LogP contribution in [-0.2, 0) is 6.42 Å². The van der Waals surface area contributed by atoms with E-state index in [1.807, 2.05) is 43.3 Å². The Bertz CT molecular complexity index is 812. The van der Waals surface area contributed by atoms with Crippen LogP contribution in [0.2, 0.25) is 5.02 Å². The SMILES string of the molecule is Cc1ccc(NC(=S)NCCc2nc3ccccc3s2)cc1Cl. The number of rotatable bonds is 4. The van der Waals surface area contributed by atoms with Crippen LogP contribution in [0.1, 0.15) is 10.6 Å². The number of anilines is 1. The molecule has 118 valence electrons. The van der Waals surface area contributed by atoms with Crippen molar-refractivity contribution in [1.29, 1.82) is 0 Å². The normalized spacial score (nSPS) is 10.7. The van der Waals surface area contributed by atoms with E-state index < -0.39 is 0 Å². The Hall–Kier alpha value is -1.69. The minimum Gasteiger partial charge on any atom is -0.362 e. The summed E-state index contributed by atoms with van der Waals surface area (Å²) >= 11 is 13.1. The Balaban J connectivity index is 1.51. The van der Waals surface area contributed by atoms with Gasteiger partial charge in [-0.05, 0) is 49.0 Å². The molecule has 3 aromatic rings. The molecular formula is C17H16ClN3S2. The number of para-hydroxylation sites is 1. The van der Waals surface area contributed by atoms with Crippen molar-refractivity contribution in [3.05, 3.63) is 58.1 Å². The van der Waals surface area contributed by atoms with Crippen molar-refractivity contribution in [2.24, 2.45) is 0 Å². The van der Waals surface area contributed by atoms with E-state index in [-0.39, 0.29) is 0 Å². The van der Waals surface area contributed by atoms with Gasteiger partial charge in [0, 0.05) is 23.7 Å². The van der Waals surface area contributed by atoms with E-state index in [4.69, 9.17) is 23.8 Å². The Morgan fingerprint density at radius 1 is 1.26 bits per heavy atom. The predicted octanol–water partition coefficient (Wildman–Crippen LogP) is 4.79. The molecule has 3 nitrogen and oxygen atoms in total. The molecule has 0 aliphatic rings. The molecule has 0 saturated heterocycles. The highest BCUT2D eigenvalue weighted by Gasteiger charge is 2.04. The maximum atomic E-state index is 6.11. The summed E-state index contributed by atoms with van der Waals surface area (Å²) in [7, 11) is 0. The third kappa shape index (κ3) is 4.19. The number of fused-ring (bicyclic) bond motifs is 1. The molecule has 23 heavy (non-hydrogen) atoms. The average molecular weight is 362 g/mol. The number of benzene rings is 2. The molecule has 6 heteroatoms. The quantitative estimate of drug-likeness (QED) is 0.655. The summed E-state index contributed by atoms with van der Waals surface area (Å²) in [5.74, 6) is 0. The highest BCUT2D eigenvalue weighted by atomic mass is 35.5. The fourth-order valence-electron chi connectivity index (χ4n) is 2.16. The highest BCUT2D eigenvalue weighted by molar-refractivity contribution is 7.80. The lowest BCUT2D eigenvalue weighted by molar-refractivity contribution is 0.868. The van der Waals surface area contributed by atoms with Crippen LogP contribution in [0.3, 0.4) is 0 Å². The van der Waals surface area contributed by atoms with Gasteiger partial charge >= 0.3 is 0 Å². The lowest BCUT2D eigenvalue weighted by Crippen LogP contribution is -2.30. The predicted molar refractivity (Wildman–Crippen MR) is 104 cm³/mol. The monoisotopic (exact) mass is 361 g/mol. The van der Waals surface area contributed by atoms with Crippen LogP contribution >= 0.6 is 35.2 Å². The van der Waals surface area contributed by atoms with Crippen molar-refractivity contribution in [2.45, 2.75) is 13.3 Å². The van der Waals surface area contributed by atoms with Crippen LogP contribution in [0, 0.1) is 6.92 Å². The van der Waals surface area contributed by atoms with Crippen molar-refractivity contribution < 1.29 is 0 Å². The molecule has 0 saturated carbocycles. The maximum Gasteiger partial charge on any atom is 0.170 e. The molecule has 0 amide bonds. The van der Waals surface area contributed by atoms with Gasteiger partial charge in [0.25, 0.3) is 0 Å². The van der Waals surface area contributed by atoms with E-state index in [9.17, 15) is 0 Å². The summed E-state index contributed by atoms with van der Waals surface area (Å²) in [5.41, 5.74) is 2.99. The van der Waals surface area contributed by atoms with E-state index in [0.29, 0.717) is 5.11 Å². The summed E-state index contributed by atoms with van der Waals surface area (Å²) < 4.78 is 1.22. The lowest BCUT2D eigenvalue weighted by Gasteiger charge is -2.10. The highest BCUT2D eigenvalue weighted by Crippen LogP contribution is 2.22. The smallest absolute Gasteiger partial charge is 0.170 e. The molecule has 1 heterocycles. The standard InChI is InChI=1S/C17H16ClN3S2/c1-11-6-7-12(10-13(11)18)20-17(22)19-9-8-16-21-14-4-2-3-5-15(14)23-16/h2-7,10H,8-9H2,1H3,(H2,19,20,22). The minimum absolute atomic E-state index is 0.589. The number of thiocarbonyl (C=S) groups is 1. The first kappa shape index (κ1) is 16.2. The topological polar surface area (TPSA) is 37.0 Å². The van der Waals surface area contributed by atoms with Gasteiger partial charge in [-0.1, -0.05) is 29.8 Å². The Kier molecular flexibility index (Phi) is 5.10. The van der Waals surface area contributed by atoms with Crippen LogP contribution in [0.5, 0.6) is 0 Å². The second-order valence-corrected chi connectivity index (χ2v) is 7.10. The lowest BCUT2D eigenvalue weighted by atomic mass is 10.2. The van der Waals surface area contributed by atoms with E-state index in [1.54, 1.807) is 11.3 Å². The van der Waals surface area contributed by atoms with E-state index >= 15 is 0 Å². The first-order valence-electron chi connectivity index (χ1n) is 7.27. The van der Waals surface area contributed by atoms with Gasteiger partial charge in [0.15, 0.2) is 5.11 Å². The zero-order valence-corrected chi connectivity index (χ0v) is 15.0. The molecule has 2 N–H and O–H groups in total. The van der Waals surface area contributed by atoms with E-state index in [0.717, 1.165) is 39.8 Å². The summed E-state index contributed by atoms with van der Waals surface area (Å²) in [4.78, 5) is 4.61. The van der Waals surface area contributed by atoms with Gasteiger partial charge in [0.2, 0.25) is 0 Å². The molecule has 0 spiro atoms. The van der Waals surface area contributed by atoms with Crippen molar-refractivity contribution in [3.63, 3.8) is 0 Å². The Morgan fingerprint density at radius 3 is 2.87 bits per heavy atom. The van der Waals surface area contributed by atoms with Gasteiger partial charge in [0.05, 0.1) is 15.2 Å². The van der Waals surface area contributed by atoms with Crippen molar-refractivity contribution in [2.75, 3.05) is 11.9 Å². The number of nitrogens with zero attached hydrogens (tertiary/aromatic N) is 1. The van der Waals surface area contributed by atoms with Crippen molar-refractivity contribution >= 4 is 56.2 Å². The fraction of sp³-hybridized carbons (Fsp3) is 0.176. The van der Waals surface area contributed by atoms with Crippen LogP contribution in [0.4, 0.5) is 5.69 Å². The third-order valence-corrected chi connectivity index (χ3v) is 5.14. The van der Waals surface area contributed by atoms with Crippen LogP contribution < -0.4 is 10.6 Å². The van der Waals surface area contributed by atoms with Gasteiger partial charge in [0.1, 0.15) is 0 Å². The Morgan fingerprint density at radius 2 is 2.09 bits per heavy atom. The van der Waals surface area contributed by atoms with Crippen molar-refractivity contribution in [3.8, 4) is 0 Å². The Labute approximate surface area is 149 Å². The number of hydrogen-bond donors (Lipinski definition) is 2. The molecular weight excluding hydrogens is 346 g/mol. The first-order valence-corrected chi connectivity index (χ1v) is 8.87. The summed E-state index contributed by atoms with van der Waals surface area (Å²) in [6.45, 7) is 2.71. The summed E-state index contributed by atoms with van der Waals surface area (Å²) in [5, 5.41) is 8.77. The molecule has 0 radical (unpaired) electrons. The van der Waals surface area contributed by atoms with Gasteiger partial charge in [-0.3, -0.25) is 0 Å².